The summed E-state index contributed by atoms with van der Waals surface area (Å²) in [5.41, 5.74) is 0.980. The molecule has 0 saturated carbocycles. The highest BCUT2D eigenvalue weighted by Gasteiger charge is 2.06. The monoisotopic (exact) mass is 252 g/mol. The lowest BCUT2D eigenvalue weighted by atomic mass is 10.2. The van der Waals surface area contributed by atoms with Crippen LogP contribution in [0.2, 0.25) is 5.02 Å². The lowest BCUT2D eigenvalue weighted by molar-refractivity contribution is 0.415. The van der Waals surface area contributed by atoms with E-state index in [0.29, 0.717) is 10.8 Å². The Morgan fingerprint density at radius 2 is 2.00 bits per heavy atom. The molecule has 1 heterocycles. The fourth-order valence-corrected chi connectivity index (χ4v) is 1.71. The molecule has 0 atom stereocenters. The molecule has 0 spiro atoms. The molecule has 0 fully saturated rings. The standard InChI is InChI=1S/C11H11ClN2O.C2H6/c1-14-6-5-13-11(14)8-3-4-10(15-2)9(12)7-8;1-2/h3-7H,1-2H3;1-2H3. The van der Waals surface area contributed by atoms with Gasteiger partial charge in [0, 0.05) is 25.0 Å². The zero-order chi connectivity index (χ0) is 12.8. The lowest BCUT2D eigenvalue weighted by Crippen LogP contribution is -1.92. The van der Waals surface area contributed by atoms with E-state index in [-0.39, 0.29) is 0 Å². The van der Waals surface area contributed by atoms with E-state index < -0.39 is 0 Å². The summed E-state index contributed by atoms with van der Waals surface area (Å²) in [6, 6.07) is 5.63. The Kier molecular flexibility index (Phi) is 5.04. The Balaban J connectivity index is 0.000000686. The highest BCUT2D eigenvalue weighted by Crippen LogP contribution is 2.29. The number of aromatic nitrogens is 2. The van der Waals surface area contributed by atoms with Gasteiger partial charge in [0.15, 0.2) is 0 Å². The highest BCUT2D eigenvalue weighted by molar-refractivity contribution is 6.32. The molecule has 0 unspecified atom stereocenters. The summed E-state index contributed by atoms with van der Waals surface area (Å²) in [6.45, 7) is 4.00. The minimum Gasteiger partial charge on any atom is -0.495 e. The number of benzene rings is 1. The summed E-state index contributed by atoms with van der Waals surface area (Å²) in [6.07, 6.45) is 3.65. The van der Waals surface area contributed by atoms with Gasteiger partial charge in [-0.15, -0.1) is 0 Å². The van der Waals surface area contributed by atoms with Crippen LogP contribution in [0.15, 0.2) is 30.6 Å². The molecule has 1 aromatic carbocycles. The smallest absolute Gasteiger partial charge is 0.139 e. The van der Waals surface area contributed by atoms with Gasteiger partial charge in [0.1, 0.15) is 11.6 Å². The SMILES string of the molecule is CC.COc1ccc(-c2nccn2C)cc1Cl. The number of imidazole rings is 1. The predicted molar refractivity (Wildman–Crippen MR) is 71.6 cm³/mol. The van der Waals surface area contributed by atoms with E-state index in [9.17, 15) is 0 Å². The first-order chi connectivity index (χ1) is 8.22. The van der Waals surface area contributed by atoms with Crippen molar-refractivity contribution in [2.24, 2.45) is 7.05 Å². The molecular formula is C13H17ClN2O. The fourth-order valence-electron chi connectivity index (χ4n) is 1.45. The normalized spacial score (nSPS) is 9.47. The molecule has 0 aliphatic heterocycles. The van der Waals surface area contributed by atoms with Crippen LogP contribution in [-0.2, 0) is 7.05 Å². The maximum Gasteiger partial charge on any atom is 0.139 e. The van der Waals surface area contributed by atoms with E-state index >= 15 is 0 Å². The zero-order valence-corrected chi connectivity index (χ0v) is 11.3. The van der Waals surface area contributed by atoms with Gasteiger partial charge < -0.3 is 9.30 Å². The van der Waals surface area contributed by atoms with E-state index in [1.165, 1.54) is 0 Å². The molecule has 0 aliphatic carbocycles. The first-order valence-corrected chi connectivity index (χ1v) is 5.91. The lowest BCUT2D eigenvalue weighted by Gasteiger charge is -2.05. The van der Waals surface area contributed by atoms with Gasteiger partial charge in [0.2, 0.25) is 0 Å². The van der Waals surface area contributed by atoms with Gasteiger partial charge in [0.25, 0.3) is 0 Å². The topological polar surface area (TPSA) is 27.1 Å². The van der Waals surface area contributed by atoms with Crippen molar-refractivity contribution in [3.63, 3.8) is 0 Å². The second kappa shape index (κ2) is 6.30. The molecular weight excluding hydrogens is 236 g/mol. The third-order valence-corrected chi connectivity index (χ3v) is 2.53. The number of hydrogen-bond acceptors (Lipinski definition) is 2. The molecule has 2 aromatic rings. The first kappa shape index (κ1) is 13.6. The molecule has 0 saturated heterocycles. The maximum absolute atomic E-state index is 6.04. The largest absolute Gasteiger partial charge is 0.495 e. The second-order valence-corrected chi connectivity index (χ2v) is 3.62. The van der Waals surface area contributed by atoms with Crippen molar-refractivity contribution >= 4 is 11.6 Å². The van der Waals surface area contributed by atoms with E-state index in [1.807, 2.05) is 49.9 Å². The highest BCUT2D eigenvalue weighted by atomic mass is 35.5. The number of halogens is 1. The number of hydrogen-bond donors (Lipinski definition) is 0. The quantitative estimate of drug-likeness (QED) is 0.813. The van der Waals surface area contributed by atoms with Crippen LogP contribution in [-0.4, -0.2) is 16.7 Å². The van der Waals surface area contributed by atoms with Crippen LogP contribution in [0.3, 0.4) is 0 Å². The van der Waals surface area contributed by atoms with Crippen molar-refractivity contribution in [1.29, 1.82) is 0 Å². The van der Waals surface area contributed by atoms with E-state index in [0.717, 1.165) is 11.4 Å². The third-order valence-electron chi connectivity index (χ3n) is 2.23. The van der Waals surface area contributed by atoms with Gasteiger partial charge in [-0.1, -0.05) is 25.4 Å². The van der Waals surface area contributed by atoms with Crippen LogP contribution in [0.25, 0.3) is 11.4 Å². The Morgan fingerprint density at radius 1 is 1.29 bits per heavy atom. The predicted octanol–water partition coefficient (Wildman–Crippen LogP) is 3.78. The minimum absolute atomic E-state index is 0.595. The Hall–Kier alpha value is -1.48. The second-order valence-electron chi connectivity index (χ2n) is 3.21. The Bertz CT molecular complexity index is 480. The van der Waals surface area contributed by atoms with Gasteiger partial charge >= 0.3 is 0 Å². The molecule has 1 aromatic heterocycles. The molecule has 3 nitrogen and oxygen atoms in total. The van der Waals surface area contributed by atoms with Gasteiger partial charge in [-0.2, -0.15) is 0 Å². The van der Waals surface area contributed by atoms with Crippen molar-refractivity contribution in [1.82, 2.24) is 9.55 Å². The summed E-state index contributed by atoms with van der Waals surface area (Å²) in [5.74, 6) is 1.56. The molecule has 17 heavy (non-hydrogen) atoms. The van der Waals surface area contributed by atoms with Gasteiger partial charge in [-0.05, 0) is 18.2 Å². The number of methoxy groups -OCH3 is 1. The van der Waals surface area contributed by atoms with Crippen molar-refractivity contribution in [2.45, 2.75) is 13.8 Å². The van der Waals surface area contributed by atoms with Crippen LogP contribution in [0.4, 0.5) is 0 Å². The summed E-state index contributed by atoms with van der Waals surface area (Å²) in [7, 11) is 3.54. The Labute approximate surface area is 107 Å². The molecule has 92 valence electrons. The van der Waals surface area contributed by atoms with Gasteiger partial charge in [-0.25, -0.2) is 4.98 Å². The van der Waals surface area contributed by atoms with E-state index in [2.05, 4.69) is 4.98 Å². The summed E-state index contributed by atoms with van der Waals surface area (Å²) in [4.78, 5) is 4.25. The number of aryl methyl sites for hydroxylation is 1. The van der Waals surface area contributed by atoms with E-state index in [4.69, 9.17) is 16.3 Å². The van der Waals surface area contributed by atoms with Crippen molar-refractivity contribution < 1.29 is 4.74 Å². The average molecular weight is 253 g/mol. The van der Waals surface area contributed by atoms with Gasteiger partial charge in [-0.3, -0.25) is 0 Å². The number of ether oxygens (including phenoxy) is 1. The number of rotatable bonds is 2. The van der Waals surface area contributed by atoms with E-state index in [1.54, 1.807) is 13.3 Å². The summed E-state index contributed by atoms with van der Waals surface area (Å²) < 4.78 is 7.03. The maximum atomic E-state index is 6.04. The van der Waals surface area contributed by atoms with Crippen LogP contribution < -0.4 is 4.74 Å². The minimum atomic E-state index is 0.595. The third kappa shape index (κ3) is 3.01. The van der Waals surface area contributed by atoms with Crippen LogP contribution in [0.5, 0.6) is 5.75 Å². The first-order valence-electron chi connectivity index (χ1n) is 5.53. The van der Waals surface area contributed by atoms with Crippen LogP contribution in [0.1, 0.15) is 13.8 Å². The van der Waals surface area contributed by atoms with Crippen molar-refractivity contribution in [3.8, 4) is 17.1 Å². The summed E-state index contributed by atoms with van der Waals surface area (Å²) >= 11 is 6.04. The molecule has 0 aliphatic rings. The van der Waals surface area contributed by atoms with Crippen molar-refractivity contribution in [3.05, 3.63) is 35.6 Å². The van der Waals surface area contributed by atoms with Crippen LogP contribution in [0, 0.1) is 0 Å². The molecule has 2 rings (SSSR count). The molecule has 0 radical (unpaired) electrons. The molecule has 0 amide bonds. The summed E-state index contributed by atoms with van der Waals surface area (Å²) in [5, 5.41) is 0.595. The average Bonchev–Trinajstić information content (AvgIpc) is 2.78. The zero-order valence-electron chi connectivity index (χ0n) is 10.6. The number of nitrogens with zero attached hydrogens (tertiary/aromatic N) is 2. The van der Waals surface area contributed by atoms with Gasteiger partial charge in [0.05, 0.1) is 12.1 Å². The van der Waals surface area contributed by atoms with Crippen LogP contribution >= 0.6 is 11.6 Å². The molecule has 0 N–H and O–H groups in total. The molecule has 4 heteroatoms. The fraction of sp³-hybridized carbons (Fsp3) is 0.308. The molecule has 0 bridgehead atoms. The Morgan fingerprint density at radius 3 is 2.47 bits per heavy atom. The van der Waals surface area contributed by atoms with Crippen molar-refractivity contribution in [2.75, 3.05) is 7.11 Å².